The smallest absolute Gasteiger partial charge is 0.274 e. The molecule has 0 saturated carbocycles. The zero-order chi connectivity index (χ0) is 18.6. The highest BCUT2D eigenvalue weighted by atomic mass is 16.5. The van der Waals surface area contributed by atoms with Gasteiger partial charge in [0.25, 0.3) is 5.91 Å². The third-order valence-corrected chi connectivity index (χ3v) is 4.79. The van der Waals surface area contributed by atoms with Crippen molar-refractivity contribution in [3.63, 3.8) is 0 Å². The van der Waals surface area contributed by atoms with E-state index in [1.54, 1.807) is 24.2 Å². The summed E-state index contributed by atoms with van der Waals surface area (Å²) >= 11 is 0. The van der Waals surface area contributed by atoms with Crippen LogP contribution in [0.4, 0.5) is 0 Å². The first kappa shape index (κ1) is 17.5. The Hall–Kier alpha value is -2.93. The van der Waals surface area contributed by atoms with Crippen molar-refractivity contribution in [2.75, 3.05) is 13.6 Å². The van der Waals surface area contributed by atoms with Crippen molar-refractivity contribution in [3.8, 4) is 0 Å². The average molecular weight is 365 g/mol. The van der Waals surface area contributed by atoms with Crippen molar-refractivity contribution in [2.24, 2.45) is 0 Å². The number of aryl methyl sites for hydroxylation is 1. The predicted octanol–water partition coefficient (Wildman–Crippen LogP) is 2.55. The molecule has 4 rings (SSSR count). The molecule has 0 spiro atoms. The summed E-state index contributed by atoms with van der Waals surface area (Å²) in [5, 5.41) is 8.23. The van der Waals surface area contributed by atoms with E-state index in [9.17, 15) is 4.79 Å². The number of fused-ring (bicyclic) bond motifs is 1. The van der Waals surface area contributed by atoms with Gasteiger partial charge in [0.05, 0.1) is 18.4 Å². The van der Waals surface area contributed by atoms with Crippen LogP contribution in [0.2, 0.25) is 0 Å². The number of nitrogens with zero attached hydrogens (tertiary/aromatic N) is 5. The van der Waals surface area contributed by atoms with Crippen LogP contribution in [-0.2, 0) is 26.2 Å². The van der Waals surface area contributed by atoms with E-state index in [1.807, 2.05) is 16.8 Å². The molecule has 0 radical (unpaired) electrons. The number of rotatable bonds is 5. The SMILES string of the molecule is CN(Cc1ccno1)C(=O)c1cc2n(n1)CCCN(Cc1ccccc1)C2. The number of carbonyl (C=O) groups is 1. The summed E-state index contributed by atoms with van der Waals surface area (Å²) in [7, 11) is 1.75. The molecular formula is C20H23N5O2. The van der Waals surface area contributed by atoms with Gasteiger partial charge in [-0.1, -0.05) is 35.5 Å². The molecule has 3 heterocycles. The molecule has 0 N–H and O–H groups in total. The Kier molecular flexibility index (Phi) is 5.02. The van der Waals surface area contributed by atoms with Crippen LogP contribution in [0.3, 0.4) is 0 Å². The summed E-state index contributed by atoms with van der Waals surface area (Å²) in [6.07, 6.45) is 2.59. The fraction of sp³-hybridized carbons (Fsp3) is 0.350. The van der Waals surface area contributed by atoms with E-state index in [1.165, 1.54) is 5.56 Å². The lowest BCUT2D eigenvalue weighted by molar-refractivity contribution is 0.0765. The van der Waals surface area contributed by atoms with Crippen molar-refractivity contribution in [2.45, 2.75) is 32.6 Å². The van der Waals surface area contributed by atoms with Crippen molar-refractivity contribution in [1.29, 1.82) is 0 Å². The first-order valence-electron chi connectivity index (χ1n) is 9.17. The predicted molar refractivity (Wildman–Crippen MR) is 99.7 cm³/mol. The molecule has 0 fully saturated rings. The van der Waals surface area contributed by atoms with Gasteiger partial charge in [-0.15, -0.1) is 0 Å². The van der Waals surface area contributed by atoms with Gasteiger partial charge in [0.15, 0.2) is 11.5 Å². The van der Waals surface area contributed by atoms with Gasteiger partial charge in [-0.2, -0.15) is 5.10 Å². The van der Waals surface area contributed by atoms with Crippen LogP contribution in [0.5, 0.6) is 0 Å². The third-order valence-electron chi connectivity index (χ3n) is 4.79. The van der Waals surface area contributed by atoms with Crippen LogP contribution in [0.1, 0.15) is 33.9 Å². The Morgan fingerprint density at radius 3 is 2.85 bits per heavy atom. The van der Waals surface area contributed by atoms with Crippen LogP contribution in [-0.4, -0.2) is 44.2 Å². The normalized spacial score (nSPS) is 14.6. The molecule has 1 aromatic carbocycles. The second-order valence-electron chi connectivity index (χ2n) is 6.93. The van der Waals surface area contributed by atoms with Gasteiger partial charge >= 0.3 is 0 Å². The molecule has 7 heteroatoms. The Labute approximate surface area is 158 Å². The number of amides is 1. The summed E-state index contributed by atoms with van der Waals surface area (Å²) in [5.41, 5.74) is 2.86. The van der Waals surface area contributed by atoms with E-state index < -0.39 is 0 Å². The monoisotopic (exact) mass is 365 g/mol. The minimum atomic E-state index is -0.110. The molecule has 3 aromatic rings. The maximum Gasteiger partial charge on any atom is 0.274 e. The molecular weight excluding hydrogens is 342 g/mol. The molecule has 1 aliphatic rings. The number of aromatic nitrogens is 3. The second-order valence-corrected chi connectivity index (χ2v) is 6.93. The summed E-state index contributed by atoms with van der Waals surface area (Å²) in [6.45, 7) is 3.93. The molecule has 1 aliphatic heterocycles. The van der Waals surface area contributed by atoms with Crippen LogP contribution in [0.15, 0.2) is 53.2 Å². The number of benzene rings is 1. The van der Waals surface area contributed by atoms with E-state index >= 15 is 0 Å². The molecule has 0 aliphatic carbocycles. The summed E-state index contributed by atoms with van der Waals surface area (Å²) in [6, 6.07) is 14.1. The summed E-state index contributed by atoms with van der Waals surface area (Å²) in [5.74, 6) is 0.544. The third kappa shape index (κ3) is 4.09. The molecule has 0 atom stereocenters. The topological polar surface area (TPSA) is 67.4 Å². The zero-order valence-corrected chi connectivity index (χ0v) is 15.4. The zero-order valence-electron chi connectivity index (χ0n) is 15.4. The Morgan fingerprint density at radius 2 is 2.07 bits per heavy atom. The molecule has 140 valence electrons. The number of hydrogen-bond acceptors (Lipinski definition) is 5. The molecule has 0 saturated heterocycles. The minimum Gasteiger partial charge on any atom is -0.360 e. The first-order chi connectivity index (χ1) is 13.2. The molecule has 2 aromatic heterocycles. The van der Waals surface area contributed by atoms with Crippen molar-refractivity contribution in [3.05, 3.63) is 71.4 Å². The van der Waals surface area contributed by atoms with Gasteiger partial charge in [-0.3, -0.25) is 14.4 Å². The Morgan fingerprint density at radius 1 is 1.22 bits per heavy atom. The van der Waals surface area contributed by atoms with Crippen molar-refractivity contribution < 1.29 is 9.32 Å². The number of carbonyl (C=O) groups excluding carboxylic acids is 1. The Balaban J connectivity index is 1.46. The molecule has 27 heavy (non-hydrogen) atoms. The largest absolute Gasteiger partial charge is 0.360 e. The molecule has 7 nitrogen and oxygen atoms in total. The molecule has 1 amide bonds. The molecule has 0 bridgehead atoms. The van der Waals surface area contributed by atoms with Gasteiger partial charge in [0.1, 0.15) is 0 Å². The minimum absolute atomic E-state index is 0.110. The van der Waals surface area contributed by atoms with Crippen LogP contribution < -0.4 is 0 Å². The van der Waals surface area contributed by atoms with E-state index in [0.29, 0.717) is 18.0 Å². The van der Waals surface area contributed by atoms with Gasteiger partial charge in [-0.25, -0.2) is 0 Å². The average Bonchev–Trinajstić information content (AvgIpc) is 3.28. The summed E-state index contributed by atoms with van der Waals surface area (Å²) in [4.78, 5) is 16.7. The quantitative estimate of drug-likeness (QED) is 0.695. The fourth-order valence-corrected chi connectivity index (χ4v) is 3.43. The summed E-state index contributed by atoms with van der Waals surface area (Å²) < 4.78 is 7.06. The van der Waals surface area contributed by atoms with Gasteiger partial charge in [0, 0.05) is 39.3 Å². The van der Waals surface area contributed by atoms with Crippen LogP contribution in [0, 0.1) is 0 Å². The highest BCUT2D eigenvalue weighted by molar-refractivity contribution is 5.92. The standard InChI is InChI=1S/C20H23N5O2/c1-23(15-18-8-9-21-27-18)20(26)19-12-17-14-24(10-5-11-25(17)22-19)13-16-6-3-2-4-7-16/h2-4,6-9,12H,5,10-11,13-15H2,1H3. The highest BCUT2D eigenvalue weighted by Gasteiger charge is 2.22. The van der Waals surface area contributed by atoms with E-state index in [0.717, 1.165) is 38.3 Å². The van der Waals surface area contributed by atoms with Crippen LogP contribution >= 0.6 is 0 Å². The second kappa shape index (κ2) is 7.75. The lowest BCUT2D eigenvalue weighted by Gasteiger charge is -2.19. The molecule has 0 unspecified atom stereocenters. The Bertz CT molecular complexity index is 889. The van der Waals surface area contributed by atoms with E-state index in [4.69, 9.17) is 4.52 Å². The van der Waals surface area contributed by atoms with E-state index in [-0.39, 0.29) is 5.91 Å². The van der Waals surface area contributed by atoms with Crippen molar-refractivity contribution >= 4 is 5.91 Å². The first-order valence-corrected chi connectivity index (χ1v) is 9.17. The maximum absolute atomic E-state index is 12.7. The van der Waals surface area contributed by atoms with E-state index in [2.05, 4.69) is 39.4 Å². The number of hydrogen-bond donors (Lipinski definition) is 0. The van der Waals surface area contributed by atoms with Gasteiger partial charge in [-0.05, 0) is 18.1 Å². The maximum atomic E-state index is 12.7. The fourth-order valence-electron chi connectivity index (χ4n) is 3.43. The lowest BCUT2D eigenvalue weighted by atomic mass is 10.2. The lowest BCUT2D eigenvalue weighted by Crippen LogP contribution is -2.26. The van der Waals surface area contributed by atoms with Crippen LogP contribution in [0.25, 0.3) is 0 Å². The highest BCUT2D eigenvalue weighted by Crippen LogP contribution is 2.17. The van der Waals surface area contributed by atoms with Crippen molar-refractivity contribution in [1.82, 2.24) is 24.7 Å². The van der Waals surface area contributed by atoms with Gasteiger partial charge < -0.3 is 9.42 Å². The van der Waals surface area contributed by atoms with Gasteiger partial charge in [0.2, 0.25) is 0 Å².